The summed E-state index contributed by atoms with van der Waals surface area (Å²) in [6.45, 7) is 6.90. The van der Waals surface area contributed by atoms with E-state index < -0.39 is 0 Å². The molecule has 74 valence electrons. The van der Waals surface area contributed by atoms with Gasteiger partial charge in [-0.3, -0.25) is 0 Å². The molecule has 0 fully saturated rings. The molecule has 0 aliphatic heterocycles. The van der Waals surface area contributed by atoms with Crippen LogP contribution in [-0.2, 0) is 6.54 Å². The maximum atomic E-state index is 9.55. The van der Waals surface area contributed by atoms with Crippen molar-refractivity contribution in [3.8, 4) is 0 Å². The third-order valence-corrected chi connectivity index (χ3v) is 2.44. The van der Waals surface area contributed by atoms with Gasteiger partial charge in [-0.2, -0.15) is 0 Å². The zero-order valence-electron chi connectivity index (χ0n) is 8.57. The Morgan fingerprint density at radius 1 is 1.54 bits per heavy atom. The zero-order chi connectivity index (χ0) is 9.84. The maximum Gasteiger partial charge on any atom is 0.114 e. The van der Waals surface area contributed by atoms with Crippen LogP contribution in [0.3, 0.4) is 0 Å². The first kappa shape index (κ1) is 10.3. The Morgan fingerprint density at radius 3 is 2.69 bits per heavy atom. The molecule has 1 N–H and O–H groups in total. The van der Waals surface area contributed by atoms with Gasteiger partial charge in [0.25, 0.3) is 0 Å². The number of nitrogens with zero attached hydrogens (tertiary/aromatic N) is 2. The SMILES string of the molecule is CCC(c1nccn1CC)C(C)O. The second-order valence-electron chi connectivity index (χ2n) is 3.33. The van der Waals surface area contributed by atoms with Crippen LogP contribution in [-0.4, -0.2) is 20.8 Å². The third-order valence-electron chi connectivity index (χ3n) is 2.44. The Morgan fingerprint density at radius 2 is 2.23 bits per heavy atom. The van der Waals surface area contributed by atoms with Gasteiger partial charge in [-0.05, 0) is 20.3 Å². The average molecular weight is 182 g/mol. The average Bonchev–Trinajstić information content (AvgIpc) is 2.53. The minimum Gasteiger partial charge on any atom is -0.393 e. The van der Waals surface area contributed by atoms with Gasteiger partial charge in [-0.15, -0.1) is 0 Å². The fourth-order valence-electron chi connectivity index (χ4n) is 1.66. The third kappa shape index (κ3) is 2.10. The summed E-state index contributed by atoms with van der Waals surface area (Å²) in [5.74, 6) is 1.16. The van der Waals surface area contributed by atoms with Crippen molar-refractivity contribution in [3.63, 3.8) is 0 Å². The first-order valence-electron chi connectivity index (χ1n) is 4.89. The van der Waals surface area contributed by atoms with Gasteiger partial charge in [0.05, 0.1) is 6.10 Å². The van der Waals surface area contributed by atoms with E-state index in [4.69, 9.17) is 0 Å². The predicted octanol–water partition coefficient (Wildman–Crippen LogP) is 1.78. The van der Waals surface area contributed by atoms with Crippen LogP contribution in [0.5, 0.6) is 0 Å². The van der Waals surface area contributed by atoms with E-state index in [1.165, 1.54) is 0 Å². The van der Waals surface area contributed by atoms with Gasteiger partial charge in [0, 0.05) is 24.9 Å². The minimum absolute atomic E-state index is 0.162. The second kappa shape index (κ2) is 4.42. The van der Waals surface area contributed by atoms with E-state index in [1.54, 1.807) is 6.20 Å². The van der Waals surface area contributed by atoms with Crippen LogP contribution < -0.4 is 0 Å². The van der Waals surface area contributed by atoms with Crippen molar-refractivity contribution in [2.24, 2.45) is 0 Å². The first-order valence-corrected chi connectivity index (χ1v) is 4.89. The smallest absolute Gasteiger partial charge is 0.114 e. The van der Waals surface area contributed by atoms with Crippen molar-refractivity contribution in [2.45, 2.75) is 45.8 Å². The van der Waals surface area contributed by atoms with E-state index in [0.717, 1.165) is 18.8 Å². The number of aromatic nitrogens is 2. The Balaban J connectivity index is 2.90. The summed E-state index contributed by atoms with van der Waals surface area (Å²) in [5, 5.41) is 9.55. The van der Waals surface area contributed by atoms with E-state index in [0.29, 0.717) is 0 Å². The number of hydrogen-bond acceptors (Lipinski definition) is 2. The van der Waals surface area contributed by atoms with Crippen molar-refractivity contribution in [1.29, 1.82) is 0 Å². The van der Waals surface area contributed by atoms with Crippen LogP contribution in [0.2, 0.25) is 0 Å². The molecule has 1 rings (SSSR count). The molecule has 2 unspecified atom stereocenters. The summed E-state index contributed by atoms with van der Waals surface area (Å²) in [6, 6.07) is 0. The number of aliphatic hydroxyl groups excluding tert-OH is 1. The van der Waals surface area contributed by atoms with Crippen LogP contribution in [0, 0.1) is 0 Å². The van der Waals surface area contributed by atoms with Crippen molar-refractivity contribution < 1.29 is 5.11 Å². The second-order valence-corrected chi connectivity index (χ2v) is 3.33. The Kier molecular flexibility index (Phi) is 3.48. The Hall–Kier alpha value is -0.830. The van der Waals surface area contributed by atoms with Gasteiger partial charge in [0.2, 0.25) is 0 Å². The van der Waals surface area contributed by atoms with Crippen LogP contribution in [0.4, 0.5) is 0 Å². The molecule has 1 aromatic heterocycles. The standard InChI is InChI=1S/C10H18N2O/c1-4-9(8(3)13)10-11-6-7-12(10)5-2/h6-9,13H,4-5H2,1-3H3. The number of hydrogen-bond donors (Lipinski definition) is 1. The molecular formula is C10H18N2O. The summed E-state index contributed by atoms with van der Waals surface area (Å²) >= 11 is 0. The molecule has 3 heteroatoms. The number of aliphatic hydroxyl groups is 1. The number of rotatable bonds is 4. The van der Waals surface area contributed by atoms with Crippen LogP contribution in [0.25, 0.3) is 0 Å². The fraction of sp³-hybridized carbons (Fsp3) is 0.700. The zero-order valence-corrected chi connectivity index (χ0v) is 8.57. The highest BCUT2D eigenvalue weighted by atomic mass is 16.3. The molecule has 1 aromatic rings. The minimum atomic E-state index is -0.322. The van der Waals surface area contributed by atoms with Gasteiger partial charge in [0.1, 0.15) is 5.82 Å². The highest BCUT2D eigenvalue weighted by Crippen LogP contribution is 2.21. The molecule has 1 heterocycles. The van der Waals surface area contributed by atoms with E-state index in [1.807, 2.05) is 13.1 Å². The lowest BCUT2D eigenvalue weighted by atomic mass is 10.00. The summed E-state index contributed by atoms with van der Waals surface area (Å²) in [6.07, 6.45) is 4.36. The summed E-state index contributed by atoms with van der Waals surface area (Å²) in [4.78, 5) is 4.28. The lowest BCUT2D eigenvalue weighted by Crippen LogP contribution is -2.18. The fourth-order valence-corrected chi connectivity index (χ4v) is 1.66. The van der Waals surface area contributed by atoms with E-state index >= 15 is 0 Å². The van der Waals surface area contributed by atoms with Gasteiger partial charge in [-0.1, -0.05) is 6.92 Å². The monoisotopic (exact) mass is 182 g/mol. The van der Waals surface area contributed by atoms with Crippen molar-refractivity contribution in [1.82, 2.24) is 9.55 Å². The van der Waals surface area contributed by atoms with Crippen LogP contribution in [0.15, 0.2) is 12.4 Å². The molecule has 0 bridgehead atoms. The lowest BCUT2D eigenvalue weighted by Gasteiger charge is -2.18. The molecule has 0 amide bonds. The molecule has 0 aliphatic rings. The van der Waals surface area contributed by atoms with E-state index in [-0.39, 0.29) is 12.0 Å². The Bertz CT molecular complexity index is 255. The molecule has 0 aromatic carbocycles. The molecule has 3 nitrogen and oxygen atoms in total. The summed E-state index contributed by atoms with van der Waals surface area (Å²) in [7, 11) is 0. The molecule has 0 saturated carbocycles. The summed E-state index contributed by atoms with van der Waals surface area (Å²) < 4.78 is 2.08. The molecule has 0 spiro atoms. The van der Waals surface area contributed by atoms with Gasteiger partial charge in [0.15, 0.2) is 0 Å². The molecular weight excluding hydrogens is 164 g/mol. The predicted molar refractivity (Wildman–Crippen MR) is 52.6 cm³/mol. The lowest BCUT2D eigenvalue weighted by molar-refractivity contribution is 0.154. The number of aryl methyl sites for hydroxylation is 1. The molecule has 13 heavy (non-hydrogen) atoms. The van der Waals surface area contributed by atoms with E-state index in [9.17, 15) is 5.11 Å². The first-order chi connectivity index (χ1) is 6.20. The van der Waals surface area contributed by atoms with Crippen LogP contribution >= 0.6 is 0 Å². The van der Waals surface area contributed by atoms with Gasteiger partial charge >= 0.3 is 0 Å². The summed E-state index contributed by atoms with van der Waals surface area (Å²) in [5.41, 5.74) is 0. The maximum absolute atomic E-state index is 9.55. The van der Waals surface area contributed by atoms with Gasteiger partial charge in [-0.25, -0.2) is 4.98 Å². The topological polar surface area (TPSA) is 38.0 Å². The quantitative estimate of drug-likeness (QED) is 0.770. The molecule has 0 saturated heterocycles. The largest absolute Gasteiger partial charge is 0.393 e. The van der Waals surface area contributed by atoms with Crippen molar-refractivity contribution >= 4 is 0 Å². The van der Waals surface area contributed by atoms with E-state index in [2.05, 4.69) is 23.4 Å². The van der Waals surface area contributed by atoms with Crippen molar-refractivity contribution in [2.75, 3.05) is 0 Å². The number of imidazole rings is 1. The van der Waals surface area contributed by atoms with Crippen molar-refractivity contribution in [3.05, 3.63) is 18.2 Å². The normalized spacial score (nSPS) is 15.7. The van der Waals surface area contributed by atoms with Gasteiger partial charge < -0.3 is 9.67 Å². The van der Waals surface area contributed by atoms with Crippen LogP contribution in [0.1, 0.15) is 38.9 Å². The molecule has 0 aliphatic carbocycles. The highest BCUT2D eigenvalue weighted by molar-refractivity contribution is 5.02. The molecule has 0 radical (unpaired) electrons. The highest BCUT2D eigenvalue weighted by Gasteiger charge is 2.19. The Labute approximate surface area is 79.4 Å². The molecule has 2 atom stereocenters.